The highest BCUT2D eigenvalue weighted by Crippen LogP contribution is 2.19. The van der Waals surface area contributed by atoms with E-state index in [-0.39, 0.29) is 11.8 Å². The lowest BCUT2D eigenvalue weighted by Gasteiger charge is -2.22. The highest BCUT2D eigenvalue weighted by Gasteiger charge is 2.14. The zero-order valence-corrected chi connectivity index (χ0v) is 18.4. The van der Waals surface area contributed by atoms with Crippen LogP contribution in [0.25, 0.3) is 0 Å². The lowest BCUT2D eigenvalue weighted by Crippen LogP contribution is -2.35. The molecule has 0 aliphatic carbocycles. The highest BCUT2D eigenvalue weighted by atomic mass is 32.2. The van der Waals surface area contributed by atoms with Crippen molar-refractivity contribution in [2.24, 2.45) is 5.92 Å². The molecule has 2 rings (SSSR count). The highest BCUT2D eigenvalue weighted by molar-refractivity contribution is 7.89. The Bertz CT molecular complexity index is 640. The van der Waals surface area contributed by atoms with Crippen LogP contribution in [0.1, 0.15) is 64.4 Å². The number of hydrogen-bond donors (Lipinski definition) is 2. The van der Waals surface area contributed by atoms with Crippen LogP contribution in [0.4, 0.5) is 0 Å². The van der Waals surface area contributed by atoms with E-state index in [1.54, 1.807) is 0 Å². The van der Waals surface area contributed by atoms with Crippen molar-refractivity contribution in [1.82, 2.24) is 10.0 Å². The molecule has 5 nitrogen and oxygen atoms in total. The van der Waals surface area contributed by atoms with E-state index in [2.05, 4.69) is 10.0 Å². The molecule has 28 heavy (non-hydrogen) atoms. The second kappa shape index (κ2) is 12.5. The van der Waals surface area contributed by atoms with E-state index in [1.807, 2.05) is 38.1 Å². The molecule has 0 aromatic heterocycles. The van der Waals surface area contributed by atoms with Gasteiger partial charge in [0.15, 0.2) is 0 Å². The third-order valence-corrected chi connectivity index (χ3v) is 6.93. The summed E-state index contributed by atoms with van der Waals surface area (Å²) in [5.74, 6) is 1.99. The van der Waals surface area contributed by atoms with Crippen LogP contribution in [0.15, 0.2) is 24.3 Å². The van der Waals surface area contributed by atoms with Gasteiger partial charge in [-0.15, -0.1) is 0 Å². The number of unbranched alkanes of at least 4 members (excludes halogenated alkanes) is 2. The smallest absolute Gasteiger partial charge is 0.211 e. The van der Waals surface area contributed by atoms with Crippen LogP contribution in [0, 0.1) is 5.92 Å². The Labute approximate surface area is 171 Å². The van der Waals surface area contributed by atoms with Crippen molar-refractivity contribution < 1.29 is 13.2 Å². The SMILES string of the molecule is CCCCS(=O)(=O)NC(C)Cc1ccc(OCCCCC2CCNCC2)cc1. The standard InChI is InChI=1S/C22H38N2O3S/c1-3-4-17-28(25,26)24-19(2)18-21-8-10-22(11-9-21)27-16-6-5-7-20-12-14-23-15-13-20/h8-11,19-20,23-24H,3-7,12-18H2,1-2H3. The van der Waals surface area contributed by atoms with Gasteiger partial charge in [-0.1, -0.05) is 31.9 Å². The topological polar surface area (TPSA) is 67.4 Å². The molecule has 1 atom stereocenters. The summed E-state index contributed by atoms with van der Waals surface area (Å²) >= 11 is 0. The second-order valence-corrected chi connectivity index (χ2v) is 9.95. The van der Waals surface area contributed by atoms with Gasteiger partial charge in [0.25, 0.3) is 0 Å². The minimum Gasteiger partial charge on any atom is -0.494 e. The van der Waals surface area contributed by atoms with Crippen LogP contribution >= 0.6 is 0 Å². The monoisotopic (exact) mass is 410 g/mol. The van der Waals surface area contributed by atoms with Crippen LogP contribution in [0.2, 0.25) is 0 Å². The van der Waals surface area contributed by atoms with Crippen LogP contribution in [0.3, 0.4) is 0 Å². The third kappa shape index (κ3) is 9.39. The molecule has 2 N–H and O–H groups in total. The quantitative estimate of drug-likeness (QED) is 0.484. The molecule has 1 aromatic rings. The fourth-order valence-corrected chi connectivity index (χ4v) is 5.20. The van der Waals surface area contributed by atoms with Gasteiger partial charge < -0.3 is 10.1 Å². The predicted molar refractivity (Wildman–Crippen MR) is 116 cm³/mol. The molecule has 1 aliphatic heterocycles. The van der Waals surface area contributed by atoms with Gasteiger partial charge >= 0.3 is 0 Å². The molecule has 0 spiro atoms. The molecule has 0 amide bonds. The number of nitrogens with one attached hydrogen (secondary N) is 2. The molecule has 1 aromatic carbocycles. The van der Waals surface area contributed by atoms with Gasteiger partial charge in [0.1, 0.15) is 5.75 Å². The van der Waals surface area contributed by atoms with Crippen LogP contribution in [-0.2, 0) is 16.4 Å². The molecule has 1 saturated heterocycles. The number of rotatable bonds is 13. The number of ether oxygens (including phenoxy) is 1. The maximum absolute atomic E-state index is 12.0. The molecule has 0 bridgehead atoms. The molecule has 0 saturated carbocycles. The maximum Gasteiger partial charge on any atom is 0.211 e. The number of hydrogen-bond acceptors (Lipinski definition) is 4. The lowest BCUT2D eigenvalue weighted by molar-refractivity contribution is 0.287. The van der Waals surface area contributed by atoms with Gasteiger partial charge in [-0.2, -0.15) is 0 Å². The van der Waals surface area contributed by atoms with E-state index in [1.165, 1.54) is 38.8 Å². The second-order valence-electron chi connectivity index (χ2n) is 8.08. The van der Waals surface area contributed by atoms with Gasteiger partial charge in [-0.05, 0) is 82.2 Å². The Morgan fingerprint density at radius 3 is 2.54 bits per heavy atom. The van der Waals surface area contributed by atoms with Crippen molar-refractivity contribution in [2.45, 2.75) is 71.3 Å². The predicted octanol–water partition coefficient (Wildman–Crippen LogP) is 3.89. The Kier molecular flexibility index (Phi) is 10.3. The van der Waals surface area contributed by atoms with Gasteiger partial charge in [0.2, 0.25) is 10.0 Å². The molecule has 1 unspecified atom stereocenters. The van der Waals surface area contributed by atoms with Crippen molar-refractivity contribution in [3.8, 4) is 5.75 Å². The molecular formula is C22H38N2O3S. The first-order chi connectivity index (χ1) is 13.5. The van der Waals surface area contributed by atoms with E-state index in [9.17, 15) is 8.42 Å². The minimum atomic E-state index is -3.18. The van der Waals surface area contributed by atoms with E-state index >= 15 is 0 Å². The van der Waals surface area contributed by atoms with Gasteiger partial charge in [-0.25, -0.2) is 13.1 Å². The summed E-state index contributed by atoms with van der Waals surface area (Å²) in [7, 11) is -3.18. The molecule has 0 radical (unpaired) electrons. The first kappa shape index (κ1) is 23.2. The van der Waals surface area contributed by atoms with E-state index in [4.69, 9.17) is 4.74 Å². The molecule has 1 heterocycles. The van der Waals surface area contributed by atoms with E-state index < -0.39 is 10.0 Å². The van der Waals surface area contributed by atoms with Crippen LogP contribution in [0.5, 0.6) is 5.75 Å². The van der Waals surface area contributed by atoms with Crippen molar-refractivity contribution in [3.63, 3.8) is 0 Å². The van der Waals surface area contributed by atoms with Crippen molar-refractivity contribution in [1.29, 1.82) is 0 Å². The fourth-order valence-electron chi connectivity index (χ4n) is 3.71. The summed E-state index contributed by atoms with van der Waals surface area (Å²) < 4.78 is 32.6. The summed E-state index contributed by atoms with van der Waals surface area (Å²) in [5, 5.41) is 3.41. The summed E-state index contributed by atoms with van der Waals surface area (Å²) in [6, 6.07) is 7.92. The molecule has 160 valence electrons. The van der Waals surface area contributed by atoms with Crippen LogP contribution < -0.4 is 14.8 Å². The first-order valence-corrected chi connectivity index (χ1v) is 12.6. The Morgan fingerprint density at radius 2 is 1.86 bits per heavy atom. The lowest BCUT2D eigenvalue weighted by atomic mass is 9.93. The molecule has 1 aliphatic rings. The molecule has 6 heteroatoms. The van der Waals surface area contributed by atoms with Gasteiger partial charge in [0.05, 0.1) is 12.4 Å². The fraction of sp³-hybridized carbons (Fsp3) is 0.727. The summed E-state index contributed by atoms with van der Waals surface area (Å²) in [4.78, 5) is 0. The molecule has 1 fully saturated rings. The Balaban J connectivity index is 1.63. The maximum atomic E-state index is 12.0. The summed E-state index contributed by atoms with van der Waals surface area (Å²) in [6.45, 7) is 7.02. The first-order valence-electron chi connectivity index (χ1n) is 10.9. The van der Waals surface area contributed by atoms with E-state index in [0.717, 1.165) is 36.7 Å². The third-order valence-electron chi connectivity index (χ3n) is 5.35. The minimum absolute atomic E-state index is 0.108. The van der Waals surface area contributed by atoms with Crippen LogP contribution in [-0.4, -0.2) is 39.9 Å². The summed E-state index contributed by atoms with van der Waals surface area (Å²) in [6.07, 6.45) is 8.55. The van der Waals surface area contributed by atoms with Crippen molar-refractivity contribution in [3.05, 3.63) is 29.8 Å². The number of piperidine rings is 1. The number of sulfonamides is 1. The normalized spacial score (nSPS) is 16.8. The zero-order valence-electron chi connectivity index (χ0n) is 17.6. The largest absolute Gasteiger partial charge is 0.494 e. The number of benzene rings is 1. The average Bonchev–Trinajstić information content (AvgIpc) is 2.68. The van der Waals surface area contributed by atoms with Gasteiger partial charge in [0, 0.05) is 6.04 Å². The average molecular weight is 411 g/mol. The van der Waals surface area contributed by atoms with Gasteiger partial charge in [-0.3, -0.25) is 0 Å². The Hall–Kier alpha value is -1.11. The summed E-state index contributed by atoms with van der Waals surface area (Å²) in [5.41, 5.74) is 1.11. The van der Waals surface area contributed by atoms with E-state index in [0.29, 0.717) is 12.8 Å². The van der Waals surface area contributed by atoms with Crippen molar-refractivity contribution in [2.75, 3.05) is 25.4 Å². The van der Waals surface area contributed by atoms with Crippen molar-refractivity contribution >= 4 is 10.0 Å². The Morgan fingerprint density at radius 1 is 1.14 bits per heavy atom. The molecular weight excluding hydrogens is 372 g/mol. The zero-order chi connectivity index (χ0) is 20.2.